The van der Waals surface area contributed by atoms with Gasteiger partial charge < -0.3 is 15.2 Å². The van der Waals surface area contributed by atoms with Gasteiger partial charge >= 0.3 is 6.09 Å². The van der Waals surface area contributed by atoms with E-state index in [-0.39, 0.29) is 18.3 Å². The number of carbonyl (C=O) groups is 2. The van der Waals surface area contributed by atoms with Gasteiger partial charge in [-0.1, -0.05) is 18.2 Å². The molecule has 8 heteroatoms. The summed E-state index contributed by atoms with van der Waals surface area (Å²) in [5, 5.41) is 14.9. The Labute approximate surface area is 143 Å². The molecule has 1 atom stereocenters. The molecule has 0 aliphatic carbocycles. The van der Waals surface area contributed by atoms with Gasteiger partial charge in [0.1, 0.15) is 17.0 Å². The highest BCUT2D eigenvalue weighted by Crippen LogP contribution is 2.49. The number of amides is 2. The zero-order valence-electron chi connectivity index (χ0n) is 13.4. The summed E-state index contributed by atoms with van der Waals surface area (Å²) in [5.74, 6) is 0.999. The van der Waals surface area contributed by atoms with Crippen LogP contribution < -0.4 is 15.4 Å². The molecule has 25 heavy (non-hydrogen) atoms. The summed E-state index contributed by atoms with van der Waals surface area (Å²) in [6, 6.07) is 7.38. The standard InChI is InChI=1S/C17H16N4O4/c1-21(16(23)24)15-19-14(22)8-17(20-15)10-4-2-3-5-12(10)25-13-9-18-7-6-11(13)17/h2-7,18H,8-9H2,1H3,(H,23,24)(H,19,20,22). The third kappa shape index (κ3) is 2.25. The molecule has 4 rings (SSSR count). The van der Waals surface area contributed by atoms with Crippen molar-refractivity contribution in [1.82, 2.24) is 15.5 Å². The van der Waals surface area contributed by atoms with Gasteiger partial charge in [0.15, 0.2) is 0 Å². The number of carboxylic acid groups (broad SMARTS) is 1. The summed E-state index contributed by atoms with van der Waals surface area (Å²) in [7, 11) is 1.35. The molecule has 2 amide bonds. The lowest BCUT2D eigenvalue weighted by atomic mass is 9.76. The van der Waals surface area contributed by atoms with Crippen molar-refractivity contribution in [3.05, 3.63) is 53.4 Å². The van der Waals surface area contributed by atoms with Crippen LogP contribution in [0, 0.1) is 0 Å². The third-order valence-corrected chi connectivity index (χ3v) is 4.51. The van der Waals surface area contributed by atoms with E-state index in [1.807, 2.05) is 30.3 Å². The molecule has 0 aromatic heterocycles. The van der Waals surface area contributed by atoms with Gasteiger partial charge in [-0.3, -0.25) is 15.0 Å². The van der Waals surface area contributed by atoms with E-state index < -0.39 is 11.6 Å². The molecule has 0 radical (unpaired) electrons. The SMILES string of the molecule is CN(C(=O)O)C1=NC2(CC(=O)N1)C1=C(CNC=C1)Oc1ccccc12. The van der Waals surface area contributed by atoms with E-state index in [2.05, 4.69) is 15.6 Å². The first-order valence-corrected chi connectivity index (χ1v) is 7.78. The predicted octanol–water partition coefficient (Wildman–Crippen LogP) is 1.13. The molecule has 0 fully saturated rings. The zero-order valence-corrected chi connectivity index (χ0v) is 13.4. The van der Waals surface area contributed by atoms with E-state index in [9.17, 15) is 14.7 Å². The van der Waals surface area contributed by atoms with Crippen LogP contribution in [-0.2, 0) is 10.3 Å². The van der Waals surface area contributed by atoms with Gasteiger partial charge in [0.2, 0.25) is 11.9 Å². The maximum absolute atomic E-state index is 12.4. The maximum atomic E-state index is 12.4. The Bertz CT molecular complexity index is 873. The third-order valence-electron chi connectivity index (χ3n) is 4.51. The van der Waals surface area contributed by atoms with Gasteiger partial charge in [0.05, 0.1) is 13.0 Å². The number of hydrogen-bond donors (Lipinski definition) is 3. The molecule has 1 spiro atoms. The quantitative estimate of drug-likeness (QED) is 0.657. The van der Waals surface area contributed by atoms with Gasteiger partial charge in [0, 0.05) is 18.2 Å². The van der Waals surface area contributed by atoms with Crippen LogP contribution in [0.4, 0.5) is 4.79 Å². The van der Waals surface area contributed by atoms with Crippen LogP contribution in [0.1, 0.15) is 12.0 Å². The number of rotatable bonds is 0. The molecular weight excluding hydrogens is 324 g/mol. The monoisotopic (exact) mass is 340 g/mol. The van der Waals surface area contributed by atoms with Crippen LogP contribution in [0.25, 0.3) is 0 Å². The first-order chi connectivity index (χ1) is 12.0. The van der Waals surface area contributed by atoms with Crippen molar-refractivity contribution in [2.75, 3.05) is 13.6 Å². The molecule has 0 saturated carbocycles. The second kappa shape index (κ2) is 5.37. The minimum atomic E-state index is -1.20. The van der Waals surface area contributed by atoms with Crippen LogP contribution in [0.2, 0.25) is 0 Å². The number of ether oxygens (including phenoxy) is 1. The molecule has 3 N–H and O–H groups in total. The highest BCUT2D eigenvalue weighted by Gasteiger charge is 2.48. The van der Waals surface area contributed by atoms with Crippen LogP contribution in [0.3, 0.4) is 0 Å². The Balaban J connectivity index is 1.97. The molecular formula is C17H16N4O4. The number of dihydropyridines is 1. The Morgan fingerprint density at radius 3 is 3.00 bits per heavy atom. The number of aliphatic imine (C=N–C) groups is 1. The van der Waals surface area contributed by atoms with E-state index in [0.717, 1.165) is 16.0 Å². The summed E-state index contributed by atoms with van der Waals surface area (Å²) in [6.45, 7) is 0.475. The summed E-state index contributed by atoms with van der Waals surface area (Å²) in [6.07, 6.45) is 2.48. The fraction of sp³-hybridized carbons (Fsp3) is 0.235. The fourth-order valence-electron chi connectivity index (χ4n) is 3.33. The van der Waals surface area contributed by atoms with Crippen molar-refractivity contribution in [2.24, 2.45) is 4.99 Å². The van der Waals surface area contributed by atoms with Crippen molar-refractivity contribution in [2.45, 2.75) is 12.0 Å². The Hall–Kier alpha value is -3.29. The first-order valence-electron chi connectivity index (χ1n) is 7.78. The first kappa shape index (κ1) is 15.3. The molecule has 1 unspecified atom stereocenters. The highest BCUT2D eigenvalue weighted by atomic mass is 16.5. The number of fused-ring (bicyclic) bond motifs is 3. The van der Waals surface area contributed by atoms with Gasteiger partial charge in [0.25, 0.3) is 0 Å². The molecule has 0 bridgehead atoms. The minimum absolute atomic E-state index is 0.000708. The van der Waals surface area contributed by atoms with Gasteiger partial charge in [-0.2, -0.15) is 0 Å². The largest absolute Gasteiger partial charge is 0.465 e. The Morgan fingerprint density at radius 2 is 2.20 bits per heavy atom. The van der Waals surface area contributed by atoms with Crippen LogP contribution >= 0.6 is 0 Å². The van der Waals surface area contributed by atoms with E-state index in [4.69, 9.17) is 4.74 Å². The van der Waals surface area contributed by atoms with E-state index >= 15 is 0 Å². The van der Waals surface area contributed by atoms with Gasteiger partial charge in [-0.25, -0.2) is 9.79 Å². The topological polar surface area (TPSA) is 103 Å². The summed E-state index contributed by atoms with van der Waals surface area (Å²) in [5.41, 5.74) is 0.493. The second-order valence-corrected chi connectivity index (χ2v) is 6.01. The smallest absolute Gasteiger partial charge is 0.413 e. The predicted molar refractivity (Wildman–Crippen MR) is 88.9 cm³/mol. The Kier molecular flexibility index (Phi) is 3.28. The second-order valence-electron chi connectivity index (χ2n) is 6.01. The van der Waals surface area contributed by atoms with Gasteiger partial charge in [-0.15, -0.1) is 0 Å². The average molecular weight is 340 g/mol. The van der Waals surface area contributed by atoms with Crippen molar-refractivity contribution in [3.63, 3.8) is 0 Å². The zero-order chi connectivity index (χ0) is 17.6. The molecule has 1 aromatic rings. The van der Waals surface area contributed by atoms with Gasteiger partial charge in [-0.05, 0) is 18.3 Å². The van der Waals surface area contributed by atoms with E-state index in [1.165, 1.54) is 7.05 Å². The van der Waals surface area contributed by atoms with Crippen LogP contribution in [-0.4, -0.2) is 41.6 Å². The summed E-state index contributed by atoms with van der Waals surface area (Å²) < 4.78 is 5.98. The normalized spacial score (nSPS) is 23.7. The Morgan fingerprint density at radius 1 is 1.40 bits per heavy atom. The van der Waals surface area contributed by atoms with Crippen LogP contribution in [0.5, 0.6) is 5.75 Å². The van der Waals surface area contributed by atoms with E-state index in [1.54, 1.807) is 6.20 Å². The van der Waals surface area contributed by atoms with Crippen molar-refractivity contribution < 1.29 is 19.4 Å². The number of nitrogens with zero attached hydrogens (tertiary/aromatic N) is 2. The molecule has 8 nitrogen and oxygen atoms in total. The maximum Gasteiger partial charge on any atom is 0.413 e. The summed E-state index contributed by atoms with van der Waals surface area (Å²) in [4.78, 5) is 29.4. The molecule has 3 aliphatic rings. The number of hydrogen-bond acceptors (Lipinski definition) is 5. The lowest BCUT2D eigenvalue weighted by Crippen LogP contribution is -2.53. The molecule has 3 heterocycles. The number of benzene rings is 1. The molecule has 1 aromatic carbocycles. The number of carbonyl (C=O) groups excluding carboxylic acids is 1. The van der Waals surface area contributed by atoms with Crippen molar-refractivity contribution >= 4 is 18.0 Å². The fourth-order valence-corrected chi connectivity index (χ4v) is 3.33. The van der Waals surface area contributed by atoms with E-state index in [0.29, 0.717) is 18.1 Å². The number of para-hydroxylation sites is 1. The molecule has 128 valence electrons. The highest BCUT2D eigenvalue weighted by molar-refractivity contribution is 6.05. The van der Waals surface area contributed by atoms with Crippen molar-refractivity contribution in [3.8, 4) is 5.75 Å². The average Bonchev–Trinajstić information content (AvgIpc) is 2.61. The van der Waals surface area contributed by atoms with Crippen molar-refractivity contribution in [1.29, 1.82) is 0 Å². The lowest BCUT2D eigenvalue weighted by molar-refractivity contribution is -0.121. The number of nitrogens with one attached hydrogen (secondary N) is 2. The minimum Gasteiger partial charge on any atom is -0.465 e. The lowest BCUT2D eigenvalue weighted by Gasteiger charge is -2.41. The number of guanidine groups is 1. The molecule has 0 saturated heterocycles. The molecule has 3 aliphatic heterocycles. The van der Waals surface area contributed by atoms with Crippen LogP contribution in [0.15, 0.2) is 52.9 Å². The summed E-state index contributed by atoms with van der Waals surface area (Å²) >= 11 is 0.